The zero-order valence-electron chi connectivity index (χ0n) is 12.9. The monoisotopic (exact) mass is 288 g/mol. The fourth-order valence-corrected chi connectivity index (χ4v) is 3.21. The first-order chi connectivity index (χ1) is 10.2. The van der Waals surface area contributed by atoms with E-state index >= 15 is 0 Å². The Balaban J connectivity index is 1.92. The molecule has 1 aliphatic rings. The first-order valence-electron chi connectivity index (χ1n) is 7.67. The molecule has 1 fully saturated rings. The Kier molecular flexibility index (Phi) is 4.12. The van der Waals surface area contributed by atoms with E-state index < -0.39 is 0 Å². The van der Waals surface area contributed by atoms with Crippen LogP contribution in [0.3, 0.4) is 0 Å². The maximum absolute atomic E-state index is 9.14. The lowest BCUT2D eigenvalue weighted by Crippen LogP contribution is -2.36. The maximum Gasteiger partial charge on any atom is 0.152 e. The van der Waals surface area contributed by atoms with Crippen LogP contribution in [0.2, 0.25) is 0 Å². The second-order valence-corrected chi connectivity index (χ2v) is 6.05. The minimum atomic E-state index is 0.236. The van der Waals surface area contributed by atoms with Gasteiger partial charge in [-0.15, -0.1) is 0 Å². The van der Waals surface area contributed by atoms with Crippen molar-refractivity contribution in [3.8, 4) is 0 Å². The smallest absolute Gasteiger partial charge is 0.152 e. The van der Waals surface area contributed by atoms with Gasteiger partial charge in [-0.05, 0) is 31.5 Å². The van der Waals surface area contributed by atoms with Crippen molar-refractivity contribution in [1.82, 2.24) is 14.3 Å². The lowest BCUT2D eigenvalue weighted by molar-refractivity contribution is 0.160. The van der Waals surface area contributed by atoms with Crippen LogP contribution in [0, 0.1) is 0 Å². The highest BCUT2D eigenvalue weighted by Gasteiger charge is 2.23. The van der Waals surface area contributed by atoms with Gasteiger partial charge in [0.15, 0.2) is 5.82 Å². The zero-order valence-corrected chi connectivity index (χ0v) is 12.9. The lowest BCUT2D eigenvalue weighted by Gasteiger charge is -2.32. The number of rotatable bonds is 4. The minimum absolute atomic E-state index is 0.236. The summed E-state index contributed by atoms with van der Waals surface area (Å²) < 4.78 is 2.17. The molecule has 0 radical (unpaired) electrons. The van der Waals surface area contributed by atoms with Crippen LogP contribution in [0.1, 0.15) is 24.5 Å². The first-order valence-corrected chi connectivity index (χ1v) is 7.67. The van der Waals surface area contributed by atoms with Gasteiger partial charge in [-0.25, -0.2) is 4.98 Å². The van der Waals surface area contributed by atoms with E-state index in [4.69, 9.17) is 10.1 Å². The summed E-state index contributed by atoms with van der Waals surface area (Å²) in [4.78, 5) is 9.32. The Morgan fingerprint density at radius 3 is 3.05 bits per heavy atom. The molecule has 1 N–H and O–H groups in total. The average Bonchev–Trinajstić information content (AvgIpc) is 2.95. The highest BCUT2D eigenvalue weighted by Crippen LogP contribution is 2.28. The predicted molar refractivity (Wildman–Crippen MR) is 85.0 cm³/mol. The third-order valence-electron chi connectivity index (χ3n) is 4.28. The Hall–Kier alpha value is -1.59. The molecule has 2 aromatic rings. The summed E-state index contributed by atoms with van der Waals surface area (Å²) in [6, 6.07) is 4.16. The van der Waals surface area contributed by atoms with Gasteiger partial charge in [0.05, 0.1) is 17.8 Å². The minimum Gasteiger partial charge on any atom is -0.395 e. The van der Waals surface area contributed by atoms with Gasteiger partial charge >= 0.3 is 0 Å². The molecule has 3 heterocycles. The van der Waals surface area contributed by atoms with Crippen LogP contribution in [0.25, 0.3) is 5.52 Å². The summed E-state index contributed by atoms with van der Waals surface area (Å²) in [5, 5.41) is 9.14. The van der Waals surface area contributed by atoms with Crippen LogP contribution >= 0.6 is 0 Å². The van der Waals surface area contributed by atoms with E-state index in [0.717, 1.165) is 36.7 Å². The number of hydrogen-bond acceptors (Lipinski definition) is 4. The van der Waals surface area contributed by atoms with Gasteiger partial charge in [-0.1, -0.05) is 0 Å². The Morgan fingerprint density at radius 1 is 1.43 bits per heavy atom. The number of aliphatic hydroxyl groups excluding tert-OH is 1. The molecule has 5 heteroatoms. The molecule has 1 aliphatic heterocycles. The molecule has 0 aromatic carbocycles. The van der Waals surface area contributed by atoms with Gasteiger partial charge in [0.2, 0.25) is 0 Å². The van der Waals surface area contributed by atoms with Gasteiger partial charge in [0.1, 0.15) is 0 Å². The van der Waals surface area contributed by atoms with Crippen molar-refractivity contribution < 1.29 is 5.11 Å². The van der Waals surface area contributed by atoms with Crippen LogP contribution in [-0.4, -0.2) is 59.7 Å². The number of aliphatic hydroxyl groups is 1. The molecule has 1 saturated heterocycles. The molecule has 5 nitrogen and oxygen atoms in total. The number of β-amino-alcohol motifs (C(OH)–C–C–N with tert-alkyl or cyclic N) is 1. The number of anilines is 1. The Morgan fingerprint density at radius 2 is 2.29 bits per heavy atom. The molecular weight excluding hydrogens is 264 g/mol. The molecule has 114 valence electrons. The average molecular weight is 288 g/mol. The fraction of sp³-hybridized carbons (Fsp3) is 0.562. The van der Waals surface area contributed by atoms with E-state index in [2.05, 4.69) is 38.7 Å². The number of aromatic nitrogens is 2. The van der Waals surface area contributed by atoms with Gasteiger partial charge in [-0.2, -0.15) is 0 Å². The highest BCUT2D eigenvalue weighted by atomic mass is 16.3. The number of fused-ring (bicyclic) bond motifs is 1. The van der Waals surface area contributed by atoms with Crippen molar-refractivity contribution in [3.63, 3.8) is 0 Å². The molecule has 0 saturated carbocycles. The second kappa shape index (κ2) is 6.03. The van der Waals surface area contributed by atoms with Crippen molar-refractivity contribution in [2.45, 2.75) is 18.8 Å². The van der Waals surface area contributed by atoms with Crippen LogP contribution in [0.15, 0.2) is 24.5 Å². The molecule has 0 aliphatic carbocycles. The summed E-state index contributed by atoms with van der Waals surface area (Å²) in [5.41, 5.74) is 2.30. The third kappa shape index (κ3) is 2.89. The summed E-state index contributed by atoms with van der Waals surface area (Å²) in [6.45, 7) is 3.08. The summed E-state index contributed by atoms with van der Waals surface area (Å²) in [7, 11) is 4.08. The zero-order chi connectivity index (χ0) is 14.8. The SMILES string of the molecule is CN(C)c1nc([C@H]2CCCN(CCO)C2)cn2cccc12. The van der Waals surface area contributed by atoms with Crippen molar-refractivity contribution in [3.05, 3.63) is 30.2 Å². The predicted octanol–water partition coefficient (Wildman–Crippen LogP) is 1.57. The summed E-state index contributed by atoms with van der Waals surface area (Å²) in [6.07, 6.45) is 6.60. The van der Waals surface area contributed by atoms with Crippen molar-refractivity contribution in [2.75, 3.05) is 45.2 Å². The first kappa shape index (κ1) is 14.4. The molecule has 3 rings (SSSR count). The number of nitrogens with zero attached hydrogens (tertiary/aromatic N) is 4. The fourth-order valence-electron chi connectivity index (χ4n) is 3.21. The quantitative estimate of drug-likeness (QED) is 0.927. The van der Waals surface area contributed by atoms with E-state index in [-0.39, 0.29) is 6.61 Å². The maximum atomic E-state index is 9.14. The van der Waals surface area contributed by atoms with E-state index in [1.807, 2.05) is 14.1 Å². The molecule has 21 heavy (non-hydrogen) atoms. The number of piperidine rings is 1. The van der Waals surface area contributed by atoms with Crippen LogP contribution in [-0.2, 0) is 0 Å². The molecule has 2 aromatic heterocycles. The Bertz CT molecular complexity index is 605. The molecule has 0 amide bonds. The van der Waals surface area contributed by atoms with Crippen LogP contribution < -0.4 is 4.90 Å². The molecule has 0 unspecified atom stereocenters. The summed E-state index contributed by atoms with van der Waals surface area (Å²) in [5.74, 6) is 1.48. The van der Waals surface area contributed by atoms with Gasteiger partial charge < -0.3 is 19.3 Å². The third-order valence-corrected chi connectivity index (χ3v) is 4.28. The van der Waals surface area contributed by atoms with Crippen LogP contribution in [0.4, 0.5) is 5.82 Å². The van der Waals surface area contributed by atoms with Gasteiger partial charge in [0.25, 0.3) is 0 Å². The van der Waals surface area contributed by atoms with Crippen molar-refractivity contribution in [2.24, 2.45) is 0 Å². The molecule has 1 atom stereocenters. The van der Waals surface area contributed by atoms with Gasteiger partial charge in [0, 0.05) is 45.5 Å². The van der Waals surface area contributed by atoms with E-state index in [1.165, 1.54) is 12.8 Å². The van der Waals surface area contributed by atoms with E-state index in [9.17, 15) is 0 Å². The normalized spacial score (nSPS) is 20.0. The van der Waals surface area contributed by atoms with E-state index in [0.29, 0.717) is 5.92 Å². The standard InChI is InChI=1S/C16H24N4O/c1-18(2)16-15-6-4-8-20(15)12-14(17-16)13-5-3-7-19(11-13)9-10-21/h4,6,8,12-13,21H,3,5,7,9-11H2,1-2H3/t13-/m0/s1. The van der Waals surface area contributed by atoms with Crippen LogP contribution in [0.5, 0.6) is 0 Å². The number of hydrogen-bond donors (Lipinski definition) is 1. The van der Waals surface area contributed by atoms with E-state index in [1.54, 1.807) is 0 Å². The number of likely N-dealkylation sites (tertiary alicyclic amines) is 1. The molecule has 0 spiro atoms. The van der Waals surface area contributed by atoms with Gasteiger partial charge in [-0.3, -0.25) is 0 Å². The van der Waals surface area contributed by atoms with Crippen molar-refractivity contribution in [1.29, 1.82) is 0 Å². The highest BCUT2D eigenvalue weighted by molar-refractivity contribution is 5.69. The molecule has 0 bridgehead atoms. The summed E-state index contributed by atoms with van der Waals surface area (Å²) >= 11 is 0. The second-order valence-electron chi connectivity index (χ2n) is 6.05. The largest absolute Gasteiger partial charge is 0.395 e. The Labute approximate surface area is 125 Å². The lowest BCUT2D eigenvalue weighted by atomic mass is 9.95. The topological polar surface area (TPSA) is 44.0 Å². The van der Waals surface area contributed by atoms with Crippen molar-refractivity contribution >= 4 is 11.3 Å². The molecular formula is C16H24N4O.